The lowest BCUT2D eigenvalue weighted by atomic mass is 9.83. The zero-order chi connectivity index (χ0) is 14.5. The molecule has 0 fully saturated rings. The predicted molar refractivity (Wildman–Crippen MR) is 82.8 cm³/mol. The van der Waals surface area contributed by atoms with Gasteiger partial charge in [0.1, 0.15) is 5.76 Å². The first-order chi connectivity index (χ1) is 9.69. The molecule has 5 heteroatoms. The van der Waals surface area contributed by atoms with Crippen molar-refractivity contribution < 1.29 is 9.73 Å². The molecule has 1 aromatic rings. The molecule has 0 saturated carbocycles. The molecule has 1 aliphatic rings. The van der Waals surface area contributed by atoms with E-state index in [9.17, 15) is 5.21 Å². The summed E-state index contributed by atoms with van der Waals surface area (Å²) in [7, 11) is 0. The number of aryl methyl sites for hydroxylation is 1. The van der Waals surface area contributed by atoms with Crippen LogP contribution in [-0.2, 0) is 12.8 Å². The summed E-state index contributed by atoms with van der Waals surface area (Å²) in [5.41, 5.74) is 2.68. The van der Waals surface area contributed by atoms with Crippen LogP contribution in [0.25, 0.3) is 0 Å². The summed E-state index contributed by atoms with van der Waals surface area (Å²) in [5, 5.41) is 17.6. The largest absolute Gasteiger partial charge is 0.411 e. The molecule has 1 N–H and O–H groups in total. The van der Waals surface area contributed by atoms with Gasteiger partial charge < -0.3 is 9.73 Å². The fourth-order valence-electron chi connectivity index (χ4n) is 3.03. The van der Waals surface area contributed by atoms with Gasteiger partial charge in [-0.3, -0.25) is 0 Å². The topological polar surface area (TPSA) is 58.6 Å². The lowest BCUT2D eigenvalue weighted by Gasteiger charge is -2.24. The first-order valence-corrected chi connectivity index (χ1v) is 8.54. The monoisotopic (exact) mass is 296 g/mol. The fraction of sp³-hybridized carbons (Fsp3) is 0.733. The molecule has 1 heterocycles. The van der Waals surface area contributed by atoms with Crippen LogP contribution in [0.5, 0.6) is 0 Å². The van der Waals surface area contributed by atoms with Crippen LogP contribution in [0.4, 0.5) is 0 Å². The molecule has 0 bridgehead atoms. The highest BCUT2D eigenvalue weighted by atomic mass is 32.2. The summed E-state index contributed by atoms with van der Waals surface area (Å²) in [6.45, 7) is 6.57. The van der Waals surface area contributed by atoms with Crippen LogP contribution in [0, 0.1) is 5.92 Å². The van der Waals surface area contributed by atoms with Gasteiger partial charge in [0.05, 0.1) is 17.0 Å². The molecule has 0 spiro atoms. The van der Waals surface area contributed by atoms with Gasteiger partial charge in [-0.25, -0.2) is 0 Å². The molecule has 0 aliphatic heterocycles. The van der Waals surface area contributed by atoms with E-state index >= 15 is 0 Å². The average molecular weight is 296 g/mol. The van der Waals surface area contributed by atoms with E-state index in [1.165, 1.54) is 0 Å². The second-order valence-electron chi connectivity index (χ2n) is 5.50. The number of nitrogens with zero attached hydrogens (tertiary/aromatic N) is 2. The number of fused-ring (bicyclic) bond motifs is 1. The number of aromatic nitrogens is 1. The molecule has 0 saturated heterocycles. The van der Waals surface area contributed by atoms with Crippen molar-refractivity contribution >= 4 is 17.5 Å². The lowest BCUT2D eigenvalue weighted by molar-refractivity contribution is 0.310. The Morgan fingerprint density at radius 2 is 2.25 bits per heavy atom. The van der Waals surface area contributed by atoms with Crippen LogP contribution in [0.2, 0.25) is 0 Å². The summed E-state index contributed by atoms with van der Waals surface area (Å²) in [5.74, 6) is 2.54. The van der Waals surface area contributed by atoms with E-state index in [1.54, 1.807) is 0 Å². The molecular formula is C15H24N2O2S. The normalized spacial score (nSPS) is 21.9. The zero-order valence-corrected chi connectivity index (χ0v) is 13.4. The molecule has 2 rings (SSSR count). The van der Waals surface area contributed by atoms with Gasteiger partial charge in [-0.05, 0) is 30.9 Å². The number of thioether (sulfide) groups is 1. The van der Waals surface area contributed by atoms with Crippen LogP contribution in [-0.4, -0.2) is 27.1 Å². The van der Waals surface area contributed by atoms with E-state index in [0.29, 0.717) is 11.2 Å². The Labute approximate surface area is 125 Å². The van der Waals surface area contributed by atoms with E-state index in [0.717, 1.165) is 60.6 Å². The Morgan fingerprint density at radius 3 is 2.90 bits per heavy atom. The summed E-state index contributed by atoms with van der Waals surface area (Å²) in [4.78, 5) is 0. The first-order valence-electron chi connectivity index (χ1n) is 7.49. The van der Waals surface area contributed by atoms with Gasteiger partial charge in [0, 0.05) is 11.7 Å². The maximum absolute atomic E-state index is 9.32. The Balaban J connectivity index is 2.14. The van der Waals surface area contributed by atoms with Crippen molar-refractivity contribution in [3.63, 3.8) is 0 Å². The third kappa shape index (κ3) is 3.37. The lowest BCUT2D eigenvalue weighted by Crippen LogP contribution is -2.23. The fourth-order valence-corrected chi connectivity index (χ4v) is 4.00. The molecule has 1 aromatic heterocycles. The Kier molecular flexibility index (Phi) is 5.52. The van der Waals surface area contributed by atoms with E-state index in [4.69, 9.17) is 4.52 Å². The van der Waals surface area contributed by atoms with Gasteiger partial charge in [-0.1, -0.05) is 37.5 Å². The van der Waals surface area contributed by atoms with Gasteiger partial charge in [0.25, 0.3) is 0 Å². The molecule has 112 valence electrons. The van der Waals surface area contributed by atoms with Crippen molar-refractivity contribution in [2.24, 2.45) is 11.1 Å². The van der Waals surface area contributed by atoms with Gasteiger partial charge in [0.15, 0.2) is 0 Å². The van der Waals surface area contributed by atoms with E-state index in [2.05, 4.69) is 31.1 Å². The number of rotatable bonds is 6. The highest BCUT2D eigenvalue weighted by molar-refractivity contribution is 7.99. The van der Waals surface area contributed by atoms with Gasteiger partial charge in [-0.15, -0.1) is 0 Å². The van der Waals surface area contributed by atoms with E-state index < -0.39 is 0 Å². The van der Waals surface area contributed by atoms with Crippen LogP contribution in [0.3, 0.4) is 0 Å². The number of oxime groups is 1. The second-order valence-corrected chi connectivity index (χ2v) is 7.22. The predicted octanol–water partition coefficient (Wildman–Crippen LogP) is 3.90. The minimum atomic E-state index is 0.491. The average Bonchev–Trinajstić information content (AvgIpc) is 2.82. The van der Waals surface area contributed by atoms with Crippen molar-refractivity contribution in [3.05, 3.63) is 17.0 Å². The smallest absolute Gasteiger partial charge is 0.146 e. The molecule has 4 nitrogen and oxygen atoms in total. The molecule has 2 atom stereocenters. The minimum Gasteiger partial charge on any atom is -0.411 e. The molecule has 0 aromatic carbocycles. The van der Waals surface area contributed by atoms with Gasteiger partial charge >= 0.3 is 0 Å². The molecule has 20 heavy (non-hydrogen) atoms. The molecule has 1 aliphatic carbocycles. The minimum absolute atomic E-state index is 0.491. The maximum atomic E-state index is 9.32. The zero-order valence-electron chi connectivity index (χ0n) is 12.6. The van der Waals surface area contributed by atoms with Crippen LogP contribution < -0.4 is 0 Å². The highest BCUT2D eigenvalue weighted by Gasteiger charge is 2.31. The van der Waals surface area contributed by atoms with Crippen LogP contribution >= 0.6 is 11.8 Å². The maximum Gasteiger partial charge on any atom is 0.146 e. The van der Waals surface area contributed by atoms with E-state index in [1.807, 2.05) is 11.8 Å². The molecule has 0 radical (unpaired) electrons. The Bertz CT molecular complexity index is 470. The van der Waals surface area contributed by atoms with Crippen LogP contribution in [0.15, 0.2) is 9.68 Å². The summed E-state index contributed by atoms with van der Waals surface area (Å²) in [6, 6.07) is 0. The third-order valence-electron chi connectivity index (χ3n) is 3.80. The van der Waals surface area contributed by atoms with Gasteiger partial charge in [-0.2, -0.15) is 11.8 Å². The first kappa shape index (κ1) is 15.4. The summed E-state index contributed by atoms with van der Waals surface area (Å²) < 4.78 is 5.49. The Morgan fingerprint density at radius 1 is 1.45 bits per heavy atom. The quantitative estimate of drug-likeness (QED) is 0.639. The molecular weight excluding hydrogens is 272 g/mol. The SMILES string of the molecule is CCCc1noc2c1/C(=N/O)CC(CC(C)SCC)C2. The third-order valence-corrected chi connectivity index (χ3v) is 4.90. The molecule has 2 unspecified atom stereocenters. The Hall–Kier alpha value is -0.970. The highest BCUT2D eigenvalue weighted by Crippen LogP contribution is 2.33. The summed E-state index contributed by atoms with van der Waals surface area (Å²) >= 11 is 1.98. The standard InChI is InChI=1S/C15H24N2O2S/c1-4-6-12-15-13(16-18)8-11(7-10(3)20-5-2)9-14(15)19-17-12/h10-11,18H,4-9H2,1-3H3/b16-13+. The number of hydrogen-bond donors (Lipinski definition) is 1. The van der Waals surface area contributed by atoms with Crippen molar-refractivity contribution in [1.82, 2.24) is 5.16 Å². The van der Waals surface area contributed by atoms with Crippen molar-refractivity contribution in [2.75, 3.05) is 5.75 Å². The second kappa shape index (κ2) is 7.16. The van der Waals surface area contributed by atoms with Crippen molar-refractivity contribution in [2.45, 2.75) is 58.1 Å². The summed E-state index contributed by atoms with van der Waals surface area (Å²) in [6.07, 6.45) is 4.77. The van der Waals surface area contributed by atoms with Crippen LogP contribution in [0.1, 0.15) is 57.1 Å². The van der Waals surface area contributed by atoms with Crippen molar-refractivity contribution in [1.29, 1.82) is 0 Å². The molecule has 0 amide bonds. The number of hydrogen-bond acceptors (Lipinski definition) is 5. The van der Waals surface area contributed by atoms with Gasteiger partial charge in [0.2, 0.25) is 0 Å². The van der Waals surface area contributed by atoms with Crippen molar-refractivity contribution in [3.8, 4) is 0 Å². The van der Waals surface area contributed by atoms with E-state index in [-0.39, 0.29) is 0 Å².